The highest BCUT2D eigenvalue weighted by Gasteiger charge is 2.42. The van der Waals surface area contributed by atoms with Crippen molar-refractivity contribution in [3.05, 3.63) is 0 Å². The molecule has 0 aliphatic carbocycles. The number of likely N-dealkylation sites (tertiary alicyclic amines) is 1. The summed E-state index contributed by atoms with van der Waals surface area (Å²) in [6.07, 6.45) is 2.60. The molecule has 2 fully saturated rings. The van der Waals surface area contributed by atoms with Crippen molar-refractivity contribution in [2.24, 2.45) is 0 Å². The molecule has 2 heterocycles. The fourth-order valence-electron chi connectivity index (χ4n) is 2.25. The van der Waals surface area contributed by atoms with Gasteiger partial charge < -0.3 is 14.4 Å². The Labute approximate surface area is 101 Å². The van der Waals surface area contributed by atoms with Crippen LogP contribution in [0, 0.1) is 0 Å². The Morgan fingerprint density at radius 3 is 2.59 bits per heavy atom. The molecule has 0 aromatic carbocycles. The smallest absolute Gasteiger partial charge is 0.237 e. The van der Waals surface area contributed by atoms with E-state index < -0.39 is 21.4 Å². The summed E-state index contributed by atoms with van der Waals surface area (Å²) >= 11 is 0. The molecule has 0 aromatic rings. The SMILES string of the molecule is CS(=O)(=O)CC(=O)N1CCCC2(C1)OCCO2. The average Bonchev–Trinajstić information content (AvgIpc) is 2.64. The third-order valence-electron chi connectivity index (χ3n) is 2.97. The van der Waals surface area contributed by atoms with Crippen molar-refractivity contribution in [3.63, 3.8) is 0 Å². The topological polar surface area (TPSA) is 72.9 Å². The molecular weight excluding hydrogens is 246 g/mol. The van der Waals surface area contributed by atoms with Crippen LogP contribution in [0.1, 0.15) is 12.8 Å². The minimum atomic E-state index is -3.28. The standard InChI is InChI=1S/C10H17NO5S/c1-17(13,14)7-9(12)11-4-2-3-10(8-11)15-5-6-16-10/h2-8H2,1H3. The van der Waals surface area contributed by atoms with E-state index in [2.05, 4.69) is 0 Å². The maximum atomic E-state index is 11.8. The van der Waals surface area contributed by atoms with Crippen molar-refractivity contribution >= 4 is 15.7 Å². The number of hydrogen-bond acceptors (Lipinski definition) is 5. The maximum absolute atomic E-state index is 11.8. The summed E-state index contributed by atoms with van der Waals surface area (Å²) in [4.78, 5) is 13.3. The molecule has 17 heavy (non-hydrogen) atoms. The minimum absolute atomic E-state index is 0.335. The second kappa shape index (κ2) is 4.55. The molecule has 2 rings (SSSR count). The third-order valence-corrected chi connectivity index (χ3v) is 3.74. The number of carbonyl (C=O) groups is 1. The molecule has 2 saturated heterocycles. The highest BCUT2D eigenvalue weighted by atomic mass is 32.2. The summed E-state index contributed by atoms with van der Waals surface area (Å²) in [5.41, 5.74) is 0. The molecule has 1 spiro atoms. The Morgan fingerprint density at radius 2 is 2.00 bits per heavy atom. The van der Waals surface area contributed by atoms with Gasteiger partial charge in [0.2, 0.25) is 5.91 Å². The molecule has 98 valence electrons. The van der Waals surface area contributed by atoms with Crippen molar-refractivity contribution in [1.82, 2.24) is 4.90 Å². The molecule has 7 heteroatoms. The van der Waals surface area contributed by atoms with Crippen LogP contribution in [0.15, 0.2) is 0 Å². The van der Waals surface area contributed by atoms with Crippen LogP contribution in [-0.2, 0) is 24.1 Å². The first kappa shape index (κ1) is 12.8. The van der Waals surface area contributed by atoms with Gasteiger partial charge in [0.05, 0.1) is 19.8 Å². The fourth-order valence-corrected chi connectivity index (χ4v) is 2.88. The zero-order valence-electron chi connectivity index (χ0n) is 9.85. The molecule has 0 bridgehead atoms. The van der Waals surface area contributed by atoms with Gasteiger partial charge in [-0.3, -0.25) is 4.79 Å². The molecule has 2 aliphatic heterocycles. The van der Waals surface area contributed by atoms with Gasteiger partial charge in [0.25, 0.3) is 0 Å². The summed E-state index contributed by atoms with van der Waals surface area (Å²) in [6, 6.07) is 0. The number of ether oxygens (including phenoxy) is 2. The predicted molar refractivity (Wildman–Crippen MR) is 60.2 cm³/mol. The quantitative estimate of drug-likeness (QED) is 0.665. The van der Waals surface area contributed by atoms with Crippen molar-refractivity contribution in [2.45, 2.75) is 18.6 Å². The zero-order chi connectivity index (χ0) is 12.5. The van der Waals surface area contributed by atoms with Gasteiger partial charge in [-0.15, -0.1) is 0 Å². The number of nitrogens with zero attached hydrogens (tertiary/aromatic N) is 1. The van der Waals surface area contributed by atoms with E-state index in [4.69, 9.17) is 9.47 Å². The minimum Gasteiger partial charge on any atom is -0.346 e. The zero-order valence-corrected chi connectivity index (χ0v) is 10.7. The van der Waals surface area contributed by atoms with E-state index in [-0.39, 0.29) is 5.91 Å². The van der Waals surface area contributed by atoms with E-state index in [1.165, 1.54) is 4.90 Å². The molecule has 2 aliphatic rings. The van der Waals surface area contributed by atoms with Crippen LogP contribution in [0.5, 0.6) is 0 Å². The first-order valence-corrected chi connectivity index (χ1v) is 7.70. The van der Waals surface area contributed by atoms with Crippen LogP contribution in [0.3, 0.4) is 0 Å². The molecule has 0 unspecified atom stereocenters. The third kappa shape index (κ3) is 3.17. The van der Waals surface area contributed by atoms with Crippen molar-refractivity contribution < 1.29 is 22.7 Å². The van der Waals surface area contributed by atoms with E-state index in [9.17, 15) is 13.2 Å². The van der Waals surface area contributed by atoms with Crippen molar-refractivity contribution in [2.75, 3.05) is 38.3 Å². The Morgan fingerprint density at radius 1 is 1.35 bits per heavy atom. The van der Waals surface area contributed by atoms with Gasteiger partial charge >= 0.3 is 0 Å². The summed E-state index contributed by atoms with van der Waals surface area (Å²) in [7, 11) is -3.28. The number of hydrogen-bond donors (Lipinski definition) is 0. The van der Waals surface area contributed by atoms with E-state index in [0.717, 1.165) is 19.1 Å². The summed E-state index contributed by atoms with van der Waals surface area (Å²) in [5.74, 6) is -1.50. The van der Waals surface area contributed by atoms with Crippen LogP contribution in [0.4, 0.5) is 0 Å². The number of sulfone groups is 1. The van der Waals surface area contributed by atoms with Crippen LogP contribution < -0.4 is 0 Å². The van der Waals surface area contributed by atoms with Gasteiger partial charge in [0, 0.05) is 19.2 Å². The lowest BCUT2D eigenvalue weighted by Crippen LogP contribution is -2.52. The van der Waals surface area contributed by atoms with E-state index in [0.29, 0.717) is 26.3 Å². The molecule has 6 nitrogen and oxygen atoms in total. The Balaban J connectivity index is 2.00. The largest absolute Gasteiger partial charge is 0.346 e. The van der Waals surface area contributed by atoms with E-state index in [1.54, 1.807) is 0 Å². The van der Waals surface area contributed by atoms with Gasteiger partial charge in [-0.1, -0.05) is 0 Å². The highest BCUT2D eigenvalue weighted by molar-refractivity contribution is 7.91. The fraction of sp³-hybridized carbons (Fsp3) is 0.900. The van der Waals surface area contributed by atoms with Gasteiger partial charge in [-0.05, 0) is 6.42 Å². The van der Waals surface area contributed by atoms with Crippen molar-refractivity contribution in [1.29, 1.82) is 0 Å². The summed E-state index contributed by atoms with van der Waals surface area (Å²) in [5, 5.41) is 0. The lowest BCUT2D eigenvalue weighted by atomic mass is 10.0. The predicted octanol–water partition coefficient (Wildman–Crippen LogP) is -0.603. The average molecular weight is 263 g/mol. The first-order chi connectivity index (χ1) is 7.90. The molecular formula is C10H17NO5S. The molecule has 0 saturated carbocycles. The Kier molecular flexibility index (Phi) is 3.42. The van der Waals surface area contributed by atoms with Crippen LogP contribution in [0.25, 0.3) is 0 Å². The number of piperidine rings is 1. The normalized spacial score (nSPS) is 24.2. The molecule has 1 amide bonds. The second-order valence-corrected chi connectivity index (χ2v) is 6.74. The van der Waals surface area contributed by atoms with Crippen molar-refractivity contribution in [3.8, 4) is 0 Å². The Hall–Kier alpha value is -0.660. The van der Waals surface area contributed by atoms with Gasteiger partial charge in [0.15, 0.2) is 15.6 Å². The van der Waals surface area contributed by atoms with Crippen LogP contribution in [-0.4, -0.2) is 63.3 Å². The van der Waals surface area contributed by atoms with Crippen LogP contribution >= 0.6 is 0 Å². The number of amides is 1. The highest BCUT2D eigenvalue weighted by Crippen LogP contribution is 2.30. The van der Waals surface area contributed by atoms with Crippen LogP contribution in [0.2, 0.25) is 0 Å². The molecule has 0 aromatic heterocycles. The van der Waals surface area contributed by atoms with E-state index >= 15 is 0 Å². The Bertz CT molecular complexity index is 399. The summed E-state index contributed by atoms with van der Waals surface area (Å²) < 4.78 is 33.2. The molecule has 0 N–H and O–H groups in total. The van der Waals surface area contributed by atoms with Gasteiger partial charge in [0.1, 0.15) is 5.75 Å². The first-order valence-electron chi connectivity index (χ1n) is 5.64. The maximum Gasteiger partial charge on any atom is 0.237 e. The monoisotopic (exact) mass is 263 g/mol. The van der Waals surface area contributed by atoms with E-state index in [1.807, 2.05) is 0 Å². The molecule has 0 atom stereocenters. The number of carbonyl (C=O) groups excluding carboxylic acids is 1. The summed E-state index contributed by atoms with van der Waals surface area (Å²) in [6.45, 7) is 1.98. The van der Waals surface area contributed by atoms with Gasteiger partial charge in [-0.25, -0.2) is 8.42 Å². The second-order valence-electron chi connectivity index (χ2n) is 4.60. The lowest BCUT2D eigenvalue weighted by molar-refractivity contribution is -0.192. The molecule has 0 radical (unpaired) electrons. The lowest BCUT2D eigenvalue weighted by Gasteiger charge is -2.38. The number of rotatable bonds is 2. The van der Waals surface area contributed by atoms with Gasteiger partial charge in [-0.2, -0.15) is 0 Å².